The van der Waals surface area contributed by atoms with Crippen LogP contribution in [0, 0.1) is 6.92 Å². The highest BCUT2D eigenvalue weighted by molar-refractivity contribution is 6.31. The molecule has 0 aliphatic heterocycles. The van der Waals surface area contributed by atoms with E-state index in [-0.39, 0.29) is 6.61 Å². The molecular formula is C29H38Cl2N2O7. The van der Waals surface area contributed by atoms with E-state index in [1.807, 2.05) is 49.4 Å². The van der Waals surface area contributed by atoms with Gasteiger partial charge in [0, 0.05) is 35.4 Å². The summed E-state index contributed by atoms with van der Waals surface area (Å²) in [5.41, 5.74) is 3.08. The Hall–Kier alpha value is -2.85. The number of rotatable bonds is 20. The van der Waals surface area contributed by atoms with E-state index in [2.05, 4.69) is 10.6 Å². The molecule has 0 spiro atoms. The molecule has 0 heterocycles. The van der Waals surface area contributed by atoms with Crippen LogP contribution in [0.1, 0.15) is 49.7 Å². The Labute approximate surface area is 245 Å². The molecule has 1 amide bonds. The van der Waals surface area contributed by atoms with Gasteiger partial charge in [-0.25, -0.2) is 9.59 Å². The van der Waals surface area contributed by atoms with Crippen LogP contribution < -0.4 is 10.6 Å². The van der Waals surface area contributed by atoms with Crippen LogP contribution in [0.5, 0.6) is 0 Å². The summed E-state index contributed by atoms with van der Waals surface area (Å²) >= 11 is 12.0. The molecule has 2 rings (SSSR count). The Morgan fingerprint density at radius 1 is 0.850 bits per heavy atom. The number of anilines is 1. The fourth-order valence-electron chi connectivity index (χ4n) is 3.89. The predicted octanol–water partition coefficient (Wildman–Crippen LogP) is 5.35. The maximum atomic E-state index is 12.8. The van der Waals surface area contributed by atoms with Crippen LogP contribution in [0.2, 0.25) is 10.0 Å². The van der Waals surface area contributed by atoms with Crippen molar-refractivity contribution in [2.75, 3.05) is 31.6 Å². The minimum Gasteiger partial charge on any atom is -0.480 e. The Morgan fingerprint density at radius 2 is 1.55 bits per heavy atom. The zero-order valence-electron chi connectivity index (χ0n) is 22.7. The lowest BCUT2D eigenvalue weighted by Gasteiger charge is -2.23. The van der Waals surface area contributed by atoms with Gasteiger partial charge >= 0.3 is 11.9 Å². The summed E-state index contributed by atoms with van der Waals surface area (Å²) in [6, 6.07) is 13.4. The highest BCUT2D eigenvalue weighted by atomic mass is 35.5. The molecule has 9 nitrogen and oxygen atoms in total. The number of carboxylic acids is 2. The van der Waals surface area contributed by atoms with Gasteiger partial charge in [0.2, 0.25) is 0 Å². The van der Waals surface area contributed by atoms with Gasteiger partial charge in [-0.1, -0.05) is 54.2 Å². The molecule has 2 aromatic carbocycles. The van der Waals surface area contributed by atoms with Gasteiger partial charge < -0.3 is 30.3 Å². The number of unbranched alkanes of at least 4 members (excludes halogenated alkanes) is 4. The van der Waals surface area contributed by atoms with Gasteiger partial charge in [-0.05, 0) is 74.4 Å². The Kier molecular flexibility index (Phi) is 15.4. The van der Waals surface area contributed by atoms with Crippen molar-refractivity contribution < 1.29 is 34.1 Å². The summed E-state index contributed by atoms with van der Waals surface area (Å²) in [5.74, 6) is -3.46. The first kappa shape index (κ1) is 33.4. The topological polar surface area (TPSA) is 134 Å². The zero-order valence-corrected chi connectivity index (χ0v) is 24.2. The summed E-state index contributed by atoms with van der Waals surface area (Å²) in [4.78, 5) is 35.5. The van der Waals surface area contributed by atoms with Crippen molar-refractivity contribution in [3.05, 3.63) is 63.6 Å². The van der Waals surface area contributed by atoms with Crippen molar-refractivity contribution >= 4 is 46.7 Å². The van der Waals surface area contributed by atoms with Crippen LogP contribution in [0.25, 0.3) is 0 Å². The van der Waals surface area contributed by atoms with E-state index >= 15 is 0 Å². The third kappa shape index (κ3) is 13.0. The second kappa shape index (κ2) is 18.5. The number of hydrogen-bond donors (Lipinski definition) is 4. The van der Waals surface area contributed by atoms with E-state index in [9.17, 15) is 19.5 Å². The number of hydrogen-bond acceptors (Lipinski definition) is 6. The smallest absolute Gasteiger partial charge is 0.336 e. The van der Waals surface area contributed by atoms with Crippen LogP contribution in [0.3, 0.4) is 0 Å². The minimum absolute atomic E-state index is 0.0966. The SMILES string of the molecule is Cc1ccc(NCCCCOC(C(=O)NCCCCCCc2ccc(Cl)cc2)C(OCC(=O)O)C(=O)O)cc1Cl. The van der Waals surface area contributed by atoms with E-state index < -0.39 is 36.7 Å². The van der Waals surface area contributed by atoms with Crippen molar-refractivity contribution in [1.29, 1.82) is 0 Å². The molecule has 2 aromatic rings. The predicted molar refractivity (Wildman–Crippen MR) is 155 cm³/mol. The number of carbonyl (C=O) groups is 3. The van der Waals surface area contributed by atoms with E-state index in [1.165, 1.54) is 5.56 Å². The number of nitrogens with one attached hydrogen (secondary N) is 2. The highest BCUT2D eigenvalue weighted by Crippen LogP contribution is 2.20. The van der Waals surface area contributed by atoms with Crippen LogP contribution >= 0.6 is 23.2 Å². The van der Waals surface area contributed by atoms with Crippen molar-refractivity contribution in [2.24, 2.45) is 0 Å². The van der Waals surface area contributed by atoms with Gasteiger partial charge in [0.25, 0.3) is 5.91 Å². The average Bonchev–Trinajstić information content (AvgIpc) is 2.91. The van der Waals surface area contributed by atoms with Crippen LogP contribution in [0.15, 0.2) is 42.5 Å². The van der Waals surface area contributed by atoms with Crippen LogP contribution in [-0.4, -0.2) is 66.6 Å². The molecule has 0 bridgehead atoms. The van der Waals surface area contributed by atoms with Crippen molar-refractivity contribution in [3.63, 3.8) is 0 Å². The van der Waals surface area contributed by atoms with Gasteiger partial charge in [0.1, 0.15) is 6.61 Å². The minimum atomic E-state index is -1.75. The average molecular weight is 598 g/mol. The Bertz CT molecular complexity index is 1080. The number of carboxylic acid groups (broad SMARTS) is 2. The third-order valence-corrected chi connectivity index (χ3v) is 6.80. The molecule has 0 saturated heterocycles. The Morgan fingerprint density at radius 3 is 2.23 bits per heavy atom. The quantitative estimate of drug-likeness (QED) is 0.150. The lowest BCUT2D eigenvalue weighted by atomic mass is 10.1. The van der Waals surface area contributed by atoms with Crippen molar-refractivity contribution in [1.82, 2.24) is 5.32 Å². The van der Waals surface area contributed by atoms with Gasteiger partial charge in [-0.2, -0.15) is 0 Å². The van der Waals surface area contributed by atoms with E-state index in [4.69, 9.17) is 37.8 Å². The third-order valence-electron chi connectivity index (χ3n) is 6.14. The first-order valence-corrected chi connectivity index (χ1v) is 14.1. The molecule has 220 valence electrons. The maximum absolute atomic E-state index is 12.8. The van der Waals surface area contributed by atoms with Gasteiger partial charge in [-0.15, -0.1) is 0 Å². The summed E-state index contributed by atoms with van der Waals surface area (Å²) in [6.07, 6.45) is 2.50. The van der Waals surface area contributed by atoms with Crippen LogP contribution in [-0.2, 0) is 30.3 Å². The fourth-order valence-corrected chi connectivity index (χ4v) is 4.20. The highest BCUT2D eigenvalue weighted by Gasteiger charge is 2.36. The van der Waals surface area contributed by atoms with Gasteiger partial charge in [0.15, 0.2) is 12.2 Å². The van der Waals surface area contributed by atoms with Gasteiger partial charge in [0.05, 0.1) is 0 Å². The first-order chi connectivity index (χ1) is 19.2. The van der Waals surface area contributed by atoms with Crippen LogP contribution in [0.4, 0.5) is 5.69 Å². The molecule has 0 radical (unpaired) electrons. The molecule has 0 aliphatic carbocycles. The monoisotopic (exact) mass is 596 g/mol. The molecule has 2 unspecified atom stereocenters. The molecule has 2 atom stereocenters. The Balaban J connectivity index is 1.77. The molecule has 0 saturated carbocycles. The first-order valence-electron chi connectivity index (χ1n) is 13.4. The number of amides is 1. The largest absolute Gasteiger partial charge is 0.480 e. The molecule has 11 heteroatoms. The normalized spacial score (nSPS) is 12.5. The summed E-state index contributed by atoms with van der Waals surface area (Å²) < 4.78 is 10.6. The molecule has 4 N–H and O–H groups in total. The number of aliphatic carboxylic acids is 2. The van der Waals surface area contributed by atoms with E-state index in [0.717, 1.165) is 36.9 Å². The standard InChI is InChI=1S/C29H38Cl2N2O7/c1-20-9-14-23(18-24(20)31)32-15-6-7-17-39-26(27(29(37)38)40-19-25(34)35)28(36)33-16-5-3-2-4-8-21-10-12-22(30)13-11-21/h9-14,18,26-27,32H,2-8,15-17,19H2,1H3,(H,33,36)(H,34,35)(H,37,38). The molecule has 40 heavy (non-hydrogen) atoms. The maximum Gasteiger partial charge on any atom is 0.336 e. The number of aryl methyl sites for hydroxylation is 2. The lowest BCUT2D eigenvalue weighted by molar-refractivity contribution is -0.172. The summed E-state index contributed by atoms with van der Waals surface area (Å²) in [5, 5.41) is 25.8. The summed E-state index contributed by atoms with van der Waals surface area (Å²) in [7, 11) is 0. The fraction of sp³-hybridized carbons (Fsp3) is 0.483. The van der Waals surface area contributed by atoms with Crippen molar-refractivity contribution in [3.8, 4) is 0 Å². The lowest BCUT2D eigenvalue weighted by Crippen LogP contribution is -2.49. The second-order valence-electron chi connectivity index (χ2n) is 9.43. The molecule has 0 aromatic heterocycles. The molecular weight excluding hydrogens is 559 g/mol. The summed E-state index contributed by atoms with van der Waals surface area (Å²) in [6.45, 7) is 2.12. The van der Waals surface area contributed by atoms with E-state index in [1.54, 1.807) is 0 Å². The molecule has 0 fully saturated rings. The number of halogens is 2. The number of ether oxygens (including phenoxy) is 2. The van der Waals surface area contributed by atoms with Gasteiger partial charge in [-0.3, -0.25) is 4.79 Å². The second-order valence-corrected chi connectivity index (χ2v) is 10.3. The zero-order chi connectivity index (χ0) is 29.3. The van der Waals surface area contributed by atoms with E-state index in [0.29, 0.717) is 42.4 Å². The number of benzene rings is 2. The molecule has 0 aliphatic rings. The number of carbonyl (C=O) groups excluding carboxylic acids is 1. The van der Waals surface area contributed by atoms with Crippen molar-refractivity contribution in [2.45, 2.75) is 64.1 Å².